The maximum Gasteiger partial charge on any atom is 0.253 e. The quantitative estimate of drug-likeness (QED) is 0.799. The number of nitriles is 1. The molecule has 23 heavy (non-hydrogen) atoms. The van der Waals surface area contributed by atoms with Gasteiger partial charge in [0.15, 0.2) is 0 Å². The summed E-state index contributed by atoms with van der Waals surface area (Å²) in [6, 6.07) is 12.6. The lowest BCUT2D eigenvalue weighted by atomic mass is 10.1. The van der Waals surface area contributed by atoms with Crippen LogP contribution in [0.2, 0.25) is 0 Å². The van der Waals surface area contributed by atoms with Gasteiger partial charge in [-0.3, -0.25) is 9.36 Å². The maximum absolute atomic E-state index is 12.1. The fraction of sp³-hybridized carbons (Fsp3) is 0.0588. The zero-order chi connectivity index (χ0) is 16.1. The minimum atomic E-state index is -0.195. The van der Waals surface area contributed by atoms with Crippen molar-refractivity contribution < 1.29 is 4.79 Å². The zero-order valence-electron chi connectivity index (χ0n) is 12.2. The number of carbonyl (C=O) groups is 1. The van der Waals surface area contributed by atoms with E-state index in [0.717, 1.165) is 5.56 Å². The van der Waals surface area contributed by atoms with E-state index < -0.39 is 0 Å². The Labute approximate surface area is 133 Å². The smallest absolute Gasteiger partial charge is 0.253 e. The molecule has 3 aromatic rings. The summed E-state index contributed by atoms with van der Waals surface area (Å²) in [5, 5.41) is 11.6. The highest BCUT2D eigenvalue weighted by molar-refractivity contribution is 5.93. The number of nitrogens with one attached hydrogen (secondary N) is 1. The highest BCUT2D eigenvalue weighted by Crippen LogP contribution is 2.07. The van der Waals surface area contributed by atoms with Crippen LogP contribution in [0.3, 0.4) is 0 Å². The third-order valence-electron chi connectivity index (χ3n) is 3.32. The van der Waals surface area contributed by atoms with Crippen molar-refractivity contribution in [2.24, 2.45) is 0 Å². The van der Waals surface area contributed by atoms with E-state index in [1.165, 1.54) is 6.20 Å². The van der Waals surface area contributed by atoms with Gasteiger partial charge < -0.3 is 5.32 Å². The Morgan fingerprint density at radius 2 is 2.04 bits per heavy atom. The van der Waals surface area contributed by atoms with E-state index in [1.807, 2.05) is 12.1 Å². The predicted molar refractivity (Wildman–Crippen MR) is 83.7 cm³/mol. The van der Waals surface area contributed by atoms with Crippen LogP contribution in [0.5, 0.6) is 0 Å². The van der Waals surface area contributed by atoms with Crippen LogP contribution in [0.4, 0.5) is 0 Å². The molecule has 0 unspecified atom stereocenters. The molecule has 0 aliphatic carbocycles. The molecule has 0 bridgehead atoms. The van der Waals surface area contributed by atoms with E-state index in [0.29, 0.717) is 23.5 Å². The number of benzene rings is 1. The molecular formula is C17H13N5O. The monoisotopic (exact) mass is 303 g/mol. The van der Waals surface area contributed by atoms with Crippen LogP contribution in [-0.4, -0.2) is 20.4 Å². The number of rotatable bonds is 4. The van der Waals surface area contributed by atoms with E-state index in [9.17, 15) is 4.79 Å². The maximum atomic E-state index is 12.1. The predicted octanol–water partition coefficient (Wildman–Crippen LogP) is 2.07. The van der Waals surface area contributed by atoms with Crippen molar-refractivity contribution in [3.8, 4) is 11.9 Å². The van der Waals surface area contributed by atoms with E-state index >= 15 is 0 Å². The summed E-state index contributed by atoms with van der Waals surface area (Å²) in [5.74, 6) is 0.505. The normalized spacial score (nSPS) is 10.0. The van der Waals surface area contributed by atoms with E-state index in [4.69, 9.17) is 5.26 Å². The molecule has 6 nitrogen and oxygen atoms in total. The van der Waals surface area contributed by atoms with Gasteiger partial charge in [0.1, 0.15) is 12.1 Å². The van der Waals surface area contributed by atoms with Crippen LogP contribution < -0.4 is 5.32 Å². The molecule has 1 aromatic carbocycles. The topological polar surface area (TPSA) is 83.6 Å². The number of hydrogen-bond donors (Lipinski definition) is 1. The summed E-state index contributed by atoms with van der Waals surface area (Å²) in [5.41, 5.74) is 2.02. The van der Waals surface area contributed by atoms with Crippen molar-refractivity contribution in [2.45, 2.75) is 6.54 Å². The number of nitrogens with zero attached hydrogens (tertiary/aromatic N) is 4. The lowest BCUT2D eigenvalue weighted by Crippen LogP contribution is -2.23. The molecule has 0 fully saturated rings. The van der Waals surface area contributed by atoms with E-state index in [1.54, 1.807) is 47.6 Å². The molecule has 0 spiro atoms. The highest BCUT2D eigenvalue weighted by Gasteiger charge is 2.06. The van der Waals surface area contributed by atoms with Crippen LogP contribution in [0.25, 0.3) is 5.82 Å². The molecule has 0 atom stereocenters. The minimum absolute atomic E-state index is 0.195. The second kappa shape index (κ2) is 6.54. The van der Waals surface area contributed by atoms with Gasteiger partial charge in [-0.25, -0.2) is 9.97 Å². The fourth-order valence-corrected chi connectivity index (χ4v) is 2.05. The van der Waals surface area contributed by atoms with Crippen LogP contribution in [0.15, 0.2) is 61.3 Å². The molecule has 3 rings (SSSR count). The van der Waals surface area contributed by atoms with E-state index in [-0.39, 0.29) is 5.91 Å². The first-order valence-electron chi connectivity index (χ1n) is 6.98. The van der Waals surface area contributed by atoms with Crippen molar-refractivity contribution in [1.82, 2.24) is 19.9 Å². The number of hydrogen-bond acceptors (Lipinski definition) is 4. The van der Waals surface area contributed by atoms with Gasteiger partial charge in [-0.2, -0.15) is 5.26 Å². The largest absolute Gasteiger partial charge is 0.348 e. The lowest BCUT2D eigenvalue weighted by Gasteiger charge is -2.06. The summed E-state index contributed by atoms with van der Waals surface area (Å²) in [4.78, 5) is 20.3. The Kier molecular flexibility index (Phi) is 4.11. The molecule has 6 heteroatoms. The van der Waals surface area contributed by atoms with Gasteiger partial charge in [0.25, 0.3) is 5.91 Å². The summed E-state index contributed by atoms with van der Waals surface area (Å²) >= 11 is 0. The number of amides is 1. The number of carbonyl (C=O) groups excluding carboxylic acids is 1. The van der Waals surface area contributed by atoms with Gasteiger partial charge in [0, 0.05) is 25.1 Å². The molecule has 1 N–H and O–H groups in total. The Bertz CT molecular complexity index is 830. The first-order valence-corrected chi connectivity index (χ1v) is 6.98. The molecule has 0 aliphatic heterocycles. The molecular weight excluding hydrogens is 290 g/mol. The lowest BCUT2D eigenvalue weighted by molar-refractivity contribution is 0.0950. The first kappa shape index (κ1) is 14.5. The van der Waals surface area contributed by atoms with Crippen LogP contribution in [0, 0.1) is 11.3 Å². The van der Waals surface area contributed by atoms with Crippen molar-refractivity contribution in [3.63, 3.8) is 0 Å². The second-order valence-corrected chi connectivity index (χ2v) is 4.87. The fourth-order valence-electron chi connectivity index (χ4n) is 2.05. The molecule has 0 saturated heterocycles. The van der Waals surface area contributed by atoms with Gasteiger partial charge in [-0.15, -0.1) is 0 Å². The van der Waals surface area contributed by atoms with Crippen LogP contribution in [-0.2, 0) is 6.54 Å². The minimum Gasteiger partial charge on any atom is -0.348 e. The molecule has 1 amide bonds. The second-order valence-electron chi connectivity index (χ2n) is 4.87. The molecule has 0 saturated carbocycles. The van der Waals surface area contributed by atoms with Crippen LogP contribution in [0.1, 0.15) is 21.5 Å². The van der Waals surface area contributed by atoms with Gasteiger partial charge in [0.05, 0.1) is 17.2 Å². The Morgan fingerprint density at radius 1 is 1.22 bits per heavy atom. The average molecular weight is 303 g/mol. The summed E-state index contributed by atoms with van der Waals surface area (Å²) in [6.45, 7) is 0.397. The van der Waals surface area contributed by atoms with Crippen molar-refractivity contribution >= 4 is 5.91 Å². The standard InChI is InChI=1S/C17H13N5O/c18-9-13-1-3-14(4-2-13)10-21-17(23)15-5-6-16(20-11-15)22-8-7-19-12-22/h1-8,11-12H,10H2,(H,21,23). The van der Waals surface area contributed by atoms with Gasteiger partial charge in [-0.05, 0) is 29.8 Å². The summed E-state index contributed by atoms with van der Waals surface area (Å²) in [6.07, 6.45) is 6.63. The summed E-state index contributed by atoms with van der Waals surface area (Å²) < 4.78 is 1.76. The first-order chi connectivity index (χ1) is 11.3. The van der Waals surface area contributed by atoms with Gasteiger partial charge in [-0.1, -0.05) is 12.1 Å². The van der Waals surface area contributed by atoms with Crippen molar-refractivity contribution in [3.05, 3.63) is 78.0 Å². The number of imidazole rings is 1. The third kappa shape index (κ3) is 3.41. The van der Waals surface area contributed by atoms with Gasteiger partial charge >= 0.3 is 0 Å². The van der Waals surface area contributed by atoms with Crippen molar-refractivity contribution in [2.75, 3.05) is 0 Å². The van der Waals surface area contributed by atoms with Crippen molar-refractivity contribution in [1.29, 1.82) is 5.26 Å². The molecule has 112 valence electrons. The number of pyridine rings is 1. The number of aromatic nitrogens is 3. The Hall–Kier alpha value is -3.46. The van der Waals surface area contributed by atoms with Gasteiger partial charge in [0.2, 0.25) is 0 Å². The molecule has 0 radical (unpaired) electrons. The Morgan fingerprint density at radius 3 is 2.65 bits per heavy atom. The van der Waals surface area contributed by atoms with E-state index in [2.05, 4.69) is 21.4 Å². The zero-order valence-corrected chi connectivity index (χ0v) is 12.2. The Balaban J connectivity index is 1.62. The highest BCUT2D eigenvalue weighted by atomic mass is 16.1. The molecule has 2 heterocycles. The average Bonchev–Trinajstić information content (AvgIpc) is 3.15. The van der Waals surface area contributed by atoms with Crippen LogP contribution >= 0.6 is 0 Å². The summed E-state index contributed by atoms with van der Waals surface area (Å²) in [7, 11) is 0. The molecule has 0 aliphatic rings. The third-order valence-corrected chi connectivity index (χ3v) is 3.32. The SMILES string of the molecule is N#Cc1ccc(CNC(=O)c2ccc(-n3ccnc3)nc2)cc1. The molecule has 2 aromatic heterocycles.